The molecule has 2 amide bonds. The molecule has 34 heavy (non-hydrogen) atoms. The molecule has 1 unspecified atom stereocenters. The average Bonchev–Trinajstić information content (AvgIpc) is 3.14. The molecule has 0 saturated heterocycles. The highest BCUT2D eigenvalue weighted by molar-refractivity contribution is 5.84. The molecule has 1 aliphatic carbocycles. The summed E-state index contributed by atoms with van der Waals surface area (Å²) in [5.41, 5.74) is 3.68. The number of benzene rings is 2. The van der Waals surface area contributed by atoms with E-state index < -0.39 is 23.5 Å². The lowest BCUT2D eigenvalue weighted by Crippen LogP contribution is -2.51. The first-order valence-electron chi connectivity index (χ1n) is 11.8. The monoisotopic (exact) mass is 466 g/mol. The number of hydrogen-bond donors (Lipinski definition) is 3. The van der Waals surface area contributed by atoms with Gasteiger partial charge in [-0.1, -0.05) is 69.3 Å². The van der Waals surface area contributed by atoms with Crippen molar-refractivity contribution in [2.24, 2.45) is 11.3 Å². The number of alkyl carbamates (subject to hydrolysis) is 1. The SMILES string of the molecule is CCC(C)(CNC(=O)OCC1c2ccccc2-c2ccccc21)C(=O)N[C@H](CC(=O)O)C(C)C. The van der Waals surface area contributed by atoms with Crippen molar-refractivity contribution < 1.29 is 24.2 Å². The van der Waals surface area contributed by atoms with E-state index in [1.807, 2.05) is 45.0 Å². The second-order valence-corrected chi connectivity index (χ2v) is 9.52. The molecule has 0 radical (unpaired) electrons. The number of rotatable bonds is 10. The summed E-state index contributed by atoms with van der Waals surface area (Å²) in [7, 11) is 0. The van der Waals surface area contributed by atoms with Crippen LogP contribution in [0.15, 0.2) is 48.5 Å². The van der Waals surface area contributed by atoms with E-state index in [9.17, 15) is 14.4 Å². The number of ether oxygens (including phenoxy) is 1. The standard InChI is InChI=1S/C27H34N2O5/c1-5-27(4,25(32)29-23(17(2)3)14-24(30)31)16-28-26(33)34-15-22-20-12-8-6-10-18(20)19-11-7-9-13-21(19)22/h6-13,17,22-23H,5,14-16H2,1-4H3,(H,28,33)(H,29,32)(H,30,31)/t23-,27?/m1/s1. The van der Waals surface area contributed by atoms with Crippen molar-refractivity contribution in [1.29, 1.82) is 0 Å². The minimum Gasteiger partial charge on any atom is -0.481 e. The molecule has 2 aromatic carbocycles. The Balaban J connectivity index is 1.59. The van der Waals surface area contributed by atoms with Gasteiger partial charge in [0, 0.05) is 18.5 Å². The number of hydrogen-bond acceptors (Lipinski definition) is 4. The Morgan fingerprint density at radius 1 is 1.03 bits per heavy atom. The smallest absolute Gasteiger partial charge is 0.407 e. The second-order valence-electron chi connectivity index (χ2n) is 9.52. The number of carbonyl (C=O) groups excluding carboxylic acids is 2. The van der Waals surface area contributed by atoms with Crippen molar-refractivity contribution in [3.05, 3.63) is 59.7 Å². The number of nitrogens with one attached hydrogen (secondary N) is 2. The van der Waals surface area contributed by atoms with Gasteiger partial charge in [0.25, 0.3) is 0 Å². The maximum atomic E-state index is 13.0. The normalized spacial score (nSPS) is 15.1. The van der Waals surface area contributed by atoms with Crippen LogP contribution in [0.1, 0.15) is 57.6 Å². The van der Waals surface area contributed by atoms with E-state index in [0.29, 0.717) is 6.42 Å². The highest BCUT2D eigenvalue weighted by Crippen LogP contribution is 2.44. The highest BCUT2D eigenvalue weighted by atomic mass is 16.5. The molecule has 2 aromatic rings. The van der Waals surface area contributed by atoms with E-state index >= 15 is 0 Å². The summed E-state index contributed by atoms with van der Waals surface area (Å²) in [6.45, 7) is 7.63. The summed E-state index contributed by atoms with van der Waals surface area (Å²) >= 11 is 0. The van der Waals surface area contributed by atoms with Crippen LogP contribution in [0.2, 0.25) is 0 Å². The number of fused-ring (bicyclic) bond motifs is 3. The van der Waals surface area contributed by atoms with Gasteiger partial charge in [0.05, 0.1) is 11.8 Å². The highest BCUT2D eigenvalue weighted by Gasteiger charge is 2.35. The van der Waals surface area contributed by atoms with Gasteiger partial charge in [-0.25, -0.2) is 4.79 Å². The minimum absolute atomic E-state index is 0.0313. The molecule has 3 N–H and O–H groups in total. The van der Waals surface area contributed by atoms with Crippen molar-refractivity contribution in [3.8, 4) is 11.1 Å². The molecule has 0 spiro atoms. The lowest BCUT2D eigenvalue weighted by atomic mass is 9.85. The first kappa shape index (κ1) is 25.3. The van der Waals surface area contributed by atoms with Crippen molar-refractivity contribution in [1.82, 2.24) is 10.6 Å². The lowest BCUT2D eigenvalue weighted by Gasteiger charge is -2.31. The predicted octanol–water partition coefficient (Wildman–Crippen LogP) is 4.56. The van der Waals surface area contributed by atoms with E-state index in [4.69, 9.17) is 9.84 Å². The Kier molecular flexibility index (Phi) is 7.97. The molecule has 0 fully saturated rings. The lowest BCUT2D eigenvalue weighted by molar-refractivity contribution is -0.138. The number of carboxylic acid groups (broad SMARTS) is 1. The molecule has 2 atom stereocenters. The summed E-state index contributed by atoms with van der Waals surface area (Å²) < 4.78 is 5.57. The van der Waals surface area contributed by atoms with E-state index in [2.05, 4.69) is 34.9 Å². The molecular formula is C27H34N2O5. The van der Waals surface area contributed by atoms with Gasteiger partial charge in [-0.2, -0.15) is 0 Å². The number of carbonyl (C=O) groups is 3. The minimum atomic E-state index is -0.964. The van der Waals surface area contributed by atoms with Gasteiger partial charge >= 0.3 is 12.1 Å². The Bertz CT molecular complexity index is 1010. The van der Waals surface area contributed by atoms with Gasteiger partial charge in [-0.3, -0.25) is 9.59 Å². The largest absolute Gasteiger partial charge is 0.481 e. The third kappa shape index (κ3) is 5.58. The number of carboxylic acids is 1. The molecule has 1 aliphatic rings. The first-order valence-corrected chi connectivity index (χ1v) is 11.8. The third-order valence-corrected chi connectivity index (χ3v) is 6.81. The Hall–Kier alpha value is -3.35. The average molecular weight is 467 g/mol. The molecular weight excluding hydrogens is 432 g/mol. The molecule has 0 saturated carbocycles. The summed E-state index contributed by atoms with van der Waals surface area (Å²) in [6, 6.07) is 15.8. The van der Waals surface area contributed by atoms with E-state index in [0.717, 1.165) is 22.3 Å². The van der Waals surface area contributed by atoms with Gasteiger partial charge in [-0.05, 0) is 41.5 Å². The molecule has 0 heterocycles. The fourth-order valence-electron chi connectivity index (χ4n) is 4.27. The van der Waals surface area contributed by atoms with Crippen LogP contribution in [0, 0.1) is 11.3 Å². The summed E-state index contributed by atoms with van der Waals surface area (Å²) in [6.07, 6.45) is -0.260. The topological polar surface area (TPSA) is 105 Å². The maximum absolute atomic E-state index is 13.0. The summed E-state index contributed by atoms with van der Waals surface area (Å²) in [5, 5.41) is 14.7. The Morgan fingerprint density at radius 2 is 1.59 bits per heavy atom. The zero-order valence-corrected chi connectivity index (χ0v) is 20.3. The first-order chi connectivity index (χ1) is 16.2. The maximum Gasteiger partial charge on any atom is 0.407 e. The zero-order valence-electron chi connectivity index (χ0n) is 20.3. The van der Waals surface area contributed by atoms with Crippen LogP contribution in [0.4, 0.5) is 4.79 Å². The third-order valence-electron chi connectivity index (χ3n) is 6.81. The fourth-order valence-corrected chi connectivity index (χ4v) is 4.27. The predicted molar refractivity (Wildman–Crippen MR) is 130 cm³/mol. The van der Waals surface area contributed by atoms with Crippen LogP contribution in [-0.2, 0) is 14.3 Å². The van der Waals surface area contributed by atoms with Crippen LogP contribution in [0.3, 0.4) is 0 Å². The van der Waals surface area contributed by atoms with Gasteiger partial charge in [-0.15, -0.1) is 0 Å². The number of aliphatic carboxylic acids is 1. The van der Waals surface area contributed by atoms with Gasteiger partial charge in [0.1, 0.15) is 6.61 Å². The van der Waals surface area contributed by atoms with Gasteiger partial charge in [0.2, 0.25) is 5.91 Å². The van der Waals surface area contributed by atoms with Crippen LogP contribution >= 0.6 is 0 Å². The van der Waals surface area contributed by atoms with Crippen LogP contribution < -0.4 is 10.6 Å². The van der Waals surface area contributed by atoms with Crippen LogP contribution in [-0.4, -0.2) is 42.3 Å². The molecule has 0 bridgehead atoms. The van der Waals surface area contributed by atoms with E-state index in [1.165, 1.54) is 0 Å². The van der Waals surface area contributed by atoms with E-state index in [-0.39, 0.29) is 37.3 Å². The second kappa shape index (κ2) is 10.7. The van der Waals surface area contributed by atoms with Crippen LogP contribution in [0.25, 0.3) is 11.1 Å². The van der Waals surface area contributed by atoms with E-state index in [1.54, 1.807) is 6.92 Å². The van der Waals surface area contributed by atoms with Crippen LogP contribution in [0.5, 0.6) is 0 Å². The van der Waals surface area contributed by atoms with Crippen molar-refractivity contribution >= 4 is 18.0 Å². The Labute approximate surface area is 200 Å². The molecule has 182 valence electrons. The van der Waals surface area contributed by atoms with Gasteiger partial charge in [0.15, 0.2) is 0 Å². The number of amides is 2. The summed E-state index contributed by atoms with van der Waals surface area (Å²) in [4.78, 5) is 36.6. The fraction of sp³-hybridized carbons (Fsp3) is 0.444. The molecule has 7 heteroatoms. The molecule has 3 rings (SSSR count). The van der Waals surface area contributed by atoms with Gasteiger partial charge < -0.3 is 20.5 Å². The van der Waals surface area contributed by atoms with Crippen molar-refractivity contribution in [2.45, 2.75) is 52.5 Å². The Morgan fingerprint density at radius 3 is 2.09 bits per heavy atom. The zero-order chi connectivity index (χ0) is 24.9. The van der Waals surface area contributed by atoms with Crippen molar-refractivity contribution in [2.75, 3.05) is 13.2 Å². The molecule has 0 aliphatic heterocycles. The summed E-state index contributed by atoms with van der Waals surface area (Å²) in [5.74, 6) is -1.32. The molecule has 7 nitrogen and oxygen atoms in total. The quantitative estimate of drug-likeness (QED) is 0.476. The van der Waals surface area contributed by atoms with Crippen molar-refractivity contribution in [3.63, 3.8) is 0 Å². The molecule has 0 aromatic heterocycles.